The van der Waals surface area contributed by atoms with Gasteiger partial charge in [0.05, 0.1) is 5.52 Å². The van der Waals surface area contributed by atoms with Gasteiger partial charge in [-0.1, -0.05) is 30.3 Å². The van der Waals surface area contributed by atoms with Crippen molar-refractivity contribution in [1.29, 1.82) is 5.26 Å². The van der Waals surface area contributed by atoms with Crippen LogP contribution in [-0.4, -0.2) is 4.98 Å². The number of nitrogens with zero attached hydrogens (tertiary/aromatic N) is 2. The third kappa shape index (κ3) is 2.85. The van der Waals surface area contributed by atoms with Crippen LogP contribution in [0.3, 0.4) is 0 Å². The zero-order valence-corrected chi connectivity index (χ0v) is 11.7. The number of hydrogen-bond donors (Lipinski definition) is 0. The first-order valence-corrected chi connectivity index (χ1v) is 6.74. The highest BCUT2D eigenvalue weighted by atomic mass is 16.5. The molecule has 102 valence electrons. The normalized spacial score (nSPS) is 10.3. The van der Waals surface area contributed by atoms with Crippen molar-refractivity contribution in [1.82, 2.24) is 4.98 Å². The summed E-state index contributed by atoms with van der Waals surface area (Å²) in [5, 5.41) is 9.96. The number of aryl methyl sites for hydroxylation is 1. The number of pyridine rings is 1. The van der Waals surface area contributed by atoms with E-state index in [4.69, 9.17) is 10.00 Å². The van der Waals surface area contributed by atoms with Crippen molar-refractivity contribution in [3.63, 3.8) is 0 Å². The highest BCUT2D eigenvalue weighted by Crippen LogP contribution is 2.23. The summed E-state index contributed by atoms with van der Waals surface area (Å²) in [6, 6.07) is 19.7. The summed E-state index contributed by atoms with van der Waals surface area (Å²) >= 11 is 0. The molecule has 0 radical (unpaired) electrons. The number of fused-ring (bicyclic) bond motifs is 1. The fourth-order valence-corrected chi connectivity index (χ4v) is 2.26. The Hall–Kier alpha value is -2.86. The van der Waals surface area contributed by atoms with Crippen molar-refractivity contribution in [3.8, 4) is 11.8 Å². The van der Waals surface area contributed by atoms with Crippen LogP contribution in [0.2, 0.25) is 0 Å². The predicted molar refractivity (Wildman–Crippen MR) is 82.0 cm³/mol. The molecule has 0 saturated carbocycles. The smallest absolute Gasteiger partial charge is 0.141 e. The van der Waals surface area contributed by atoms with Gasteiger partial charge in [-0.15, -0.1) is 0 Å². The maximum Gasteiger partial charge on any atom is 0.141 e. The summed E-state index contributed by atoms with van der Waals surface area (Å²) in [5.74, 6) is 0.806. The second kappa shape index (κ2) is 5.64. The van der Waals surface area contributed by atoms with Crippen molar-refractivity contribution in [2.24, 2.45) is 0 Å². The van der Waals surface area contributed by atoms with Gasteiger partial charge < -0.3 is 4.74 Å². The Morgan fingerprint density at radius 3 is 2.67 bits per heavy atom. The summed E-state index contributed by atoms with van der Waals surface area (Å²) in [6.45, 7) is 2.51. The van der Waals surface area contributed by atoms with E-state index >= 15 is 0 Å². The Morgan fingerprint density at radius 1 is 1.10 bits per heavy atom. The van der Waals surface area contributed by atoms with Crippen LogP contribution in [0.25, 0.3) is 10.9 Å². The summed E-state index contributed by atoms with van der Waals surface area (Å²) in [7, 11) is 0. The van der Waals surface area contributed by atoms with Crippen LogP contribution in [0.5, 0.6) is 5.75 Å². The molecular formula is C18H14N2O. The van der Waals surface area contributed by atoms with Crippen LogP contribution in [0.1, 0.15) is 16.8 Å². The van der Waals surface area contributed by atoms with Gasteiger partial charge >= 0.3 is 0 Å². The molecule has 21 heavy (non-hydrogen) atoms. The molecular weight excluding hydrogens is 260 g/mol. The zero-order valence-electron chi connectivity index (χ0n) is 11.7. The largest absolute Gasteiger partial charge is 0.489 e. The molecule has 0 aliphatic heterocycles. The van der Waals surface area contributed by atoms with Crippen LogP contribution in [0, 0.1) is 18.3 Å². The molecule has 0 N–H and O–H groups in total. The minimum Gasteiger partial charge on any atom is -0.489 e. The Balaban J connectivity index is 1.88. The van der Waals surface area contributed by atoms with E-state index < -0.39 is 0 Å². The number of hydrogen-bond acceptors (Lipinski definition) is 3. The van der Waals surface area contributed by atoms with E-state index in [1.807, 2.05) is 55.5 Å². The Kier molecular flexibility index (Phi) is 3.53. The molecule has 3 nitrogen and oxygen atoms in total. The lowest BCUT2D eigenvalue weighted by molar-refractivity contribution is 0.306. The topological polar surface area (TPSA) is 45.9 Å². The van der Waals surface area contributed by atoms with Gasteiger partial charge in [0, 0.05) is 5.39 Å². The number of ether oxygens (including phenoxy) is 1. The molecule has 3 heteroatoms. The van der Waals surface area contributed by atoms with E-state index in [0.717, 1.165) is 27.8 Å². The highest BCUT2D eigenvalue weighted by molar-refractivity contribution is 5.84. The first-order valence-electron chi connectivity index (χ1n) is 6.74. The highest BCUT2D eigenvalue weighted by Gasteiger charge is 2.04. The third-order valence-electron chi connectivity index (χ3n) is 3.35. The molecule has 0 spiro atoms. The molecule has 0 saturated heterocycles. The summed E-state index contributed by atoms with van der Waals surface area (Å²) in [4.78, 5) is 4.30. The van der Waals surface area contributed by atoms with E-state index in [1.54, 1.807) is 6.07 Å². The van der Waals surface area contributed by atoms with Crippen LogP contribution in [-0.2, 0) is 6.61 Å². The maximum absolute atomic E-state index is 8.95. The summed E-state index contributed by atoms with van der Waals surface area (Å²) in [6.07, 6.45) is 0. The SMILES string of the molecule is Cc1cc(C#N)nc2ccc(OCc3ccccc3)cc12. The van der Waals surface area contributed by atoms with Crippen molar-refractivity contribution >= 4 is 10.9 Å². The standard InChI is InChI=1S/C18H14N2O/c1-13-9-15(11-19)20-18-8-7-16(10-17(13)18)21-12-14-5-3-2-4-6-14/h2-10H,12H2,1H3. The van der Waals surface area contributed by atoms with Crippen LogP contribution in [0.15, 0.2) is 54.6 Å². The van der Waals surface area contributed by atoms with Gasteiger partial charge in [-0.2, -0.15) is 5.26 Å². The Bertz CT molecular complexity index is 820. The molecule has 0 aliphatic carbocycles. The van der Waals surface area contributed by atoms with Crippen LogP contribution < -0.4 is 4.74 Å². The van der Waals surface area contributed by atoms with Crippen LogP contribution in [0.4, 0.5) is 0 Å². The van der Waals surface area contributed by atoms with Gasteiger partial charge in [0.1, 0.15) is 24.1 Å². The van der Waals surface area contributed by atoms with Crippen molar-refractivity contribution in [2.45, 2.75) is 13.5 Å². The van der Waals surface area contributed by atoms with E-state index in [1.165, 1.54) is 0 Å². The van der Waals surface area contributed by atoms with Gasteiger partial charge in [0.15, 0.2) is 0 Å². The molecule has 1 heterocycles. The van der Waals surface area contributed by atoms with E-state index in [-0.39, 0.29) is 0 Å². The third-order valence-corrected chi connectivity index (χ3v) is 3.35. The van der Waals surface area contributed by atoms with E-state index in [9.17, 15) is 0 Å². The van der Waals surface area contributed by atoms with Gasteiger partial charge in [0.25, 0.3) is 0 Å². The second-order valence-electron chi connectivity index (χ2n) is 4.89. The first kappa shape index (κ1) is 13.1. The zero-order chi connectivity index (χ0) is 14.7. The monoisotopic (exact) mass is 274 g/mol. The van der Waals surface area contributed by atoms with E-state index in [2.05, 4.69) is 11.1 Å². The predicted octanol–water partition coefficient (Wildman–Crippen LogP) is 3.99. The van der Waals surface area contributed by atoms with Gasteiger partial charge in [-0.05, 0) is 42.3 Å². The lowest BCUT2D eigenvalue weighted by atomic mass is 10.1. The van der Waals surface area contributed by atoms with Gasteiger partial charge in [-0.3, -0.25) is 0 Å². The molecule has 3 aromatic rings. The number of rotatable bonds is 3. The maximum atomic E-state index is 8.95. The lowest BCUT2D eigenvalue weighted by Gasteiger charge is -2.08. The van der Waals surface area contributed by atoms with Crippen molar-refractivity contribution < 1.29 is 4.74 Å². The molecule has 2 aromatic carbocycles. The van der Waals surface area contributed by atoms with Crippen molar-refractivity contribution in [2.75, 3.05) is 0 Å². The molecule has 0 unspecified atom stereocenters. The minimum absolute atomic E-state index is 0.443. The fraction of sp³-hybridized carbons (Fsp3) is 0.111. The average Bonchev–Trinajstić information content (AvgIpc) is 2.54. The average molecular weight is 274 g/mol. The Labute approximate surface area is 123 Å². The lowest BCUT2D eigenvalue weighted by Crippen LogP contribution is -1.96. The van der Waals surface area contributed by atoms with Gasteiger partial charge in [-0.25, -0.2) is 4.98 Å². The molecule has 3 rings (SSSR count). The van der Waals surface area contributed by atoms with E-state index in [0.29, 0.717) is 12.3 Å². The molecule has 0 atom stereocenters. The second-order valence-corrected chi connectivity index (χ2v) is 4.89. The molecule has 0 bridgehead atoms. The molecule has 1 aromatic heterocycles. The Morgan fingerprint density at radius 2 is 1.90 bits per heavy atom. The molecule has 0 amide bonds. The summed E-state index contributed by atoms with van der Waals surface area (Å²) < 4.78 is 5.82. The number of nitriles is 1. The molecule has 0 aliphatic rings. The molecule has 0 fully saturated rings. The fourth-order valence-electron chi connectivity index (χ4n) is 2.26. The quantitative estimate of drug-likeness (QED) is 0.725. The van der Waals surface area contributed by atoms with Crippen LogP contribution >= 0.6 is 0 Å². The van der Waals surface area contributed by atoms with Crippen molar-refractivity contribution in [3.05, 3.63) is 71.4 Å². The number of benzene rings is 2. The summed E-state index contributed by atoms with van der Waals surface area (Å²) in [5.41, 5.74) is 3.42. The number of aromatic nitrogens is 1. The van der Waals surface area contributed by atoms with Gasteiger partial charge in [0.2, 0.25) is 0 Å². The minimum atomic E-state index is 0.443. The first-order chi connectivity index (χ1) is 10.3.